The van der Waals surface area contributed by atoms with Crippen LogP contribution in [0.5, 0.6) is 0 Å². The van der Waals surface area contributed by atoms with E-state index in [-0.39, 0.29) is 5.56 Å². The third-order valence-electron chi connectivity index (χ3n) is 2.87. The first-order valence-corrected chi connectivity index (χ1v) is 7.17. The van der Waals surface area contributed by atoms with E-state index in [1.54, 1.807) is 30.3 Å². The standard InChI is InChI=1S/C15H12F2O2S/c1-10(20(19)12-5-3-2-4-6-12)15(18)11-7-8-13(16)14(17)9-11/h2-10H,1H3. The summed E-state index contributed by atoms with van der Waals surface area (Å²) in [6, 6.07) is 11.5. The maximum atomic E-state index is 13.1. The summed E-state index contributed by atoms with van der Waals surface area (Å²) in [6.45, 7) is 1.51. The quantitative estimate of drug-likeness (QED) is 0.810. The highest BCUT2D eigenvalue weighted by Crippen LogP contribution is 2.17. The summed E-state index contributed by atoms with van der Waals surface area (Å²) in [5, 5.41) is -0.831. The predicted octanol–water partition coefficient (Wildman–Crippen LogP) is 3.34. The molecule has 0 heterocycles. The molecule has 20 heavy (non-hydrogen) atoms. The van der Waals surface area contributed by atoms with Crippen molar-refractivity contribution in [2.75, 3.05) is 0 Å². The van der Waals surface area contributed by atoms with Crippen LogP contribution in [-0.4, -0.2) is 15.2 Å². The number of rotatable bonds is 4. The number of hydrogen-bond acceptors (Lipinski definition) is 2. The van der Waals surface area contributed by atoms with Gasteiger partial charge in [-0.15, -0.1) is 0 Å². The molecule has 0 saturated carbocycles. The predicted molar refractivity (Wildman–Crippen MR) is 73.0 cm³/mol. The summed E-state index contributed by atoms with van der Waals surface area (Å²) < 4.78 is 38.2. The lowest BCUT2D eigenvalue weighted by Crippen LogP contribution is -2.23. The van der Waals surface area contributed by atoms with Gasteiger partial charge in [-0.25, -0.2) is 8.78 Å². The molecule has 104 valence electrons. The van der Waals surface area contributed by atoms with Crippen LogP contribution in [0.4, 0.5) is 8.78 Å². The van der Waals surface area contributed by atoms with E-state index in [2.05, 4.69) is 0 Å². The van der Waals surface area contributed by atoms with Crippen molar-refractivity contribution in [3.05, 3.63) is 65.7 Å². The molecule has 0 aliphatic rings. The number of carbonyl (C=O) groups excluding carboxylic acids is 1. The van der Waals surface area contributed by atoms with Gasteiger partial charge in [-0.3, -0.25) is 9.00 Å². The Bertz CT molecular complexity index is 656. The number of ketones is 1. The summed E-state index contributed by atoms with van der Waals surface area (Å²) in [5.74, 6) is -2.59. The van der Waals surface area contributed by atoms with Crippen LogP contribution >= 0.6 is 0 Å². The molecule has 0 aliphatic heterocycles. The average Bonchev–Trinajstić information content (AvgIpc) is 2.48. The van der Waals surface area contributed by atoms with Gasteiger partial charge in [0.25, 0.3) is 0 Å². The highest BCUT2D eigenvalue weighted by atomic mass is 32.2. The fraction of sp³-hybridized carbons (Fsp3) is 0.133. The van der Waals surface area contributed by atoms with Crippen molar-refractivity contribution in [1.82, 2.24) is 0 Å². The smallest absolute Gasteiger partial charge is 0.178 e. The van der Waals surface area contributed by atoms with Gasteiger partial charge in [0.1, 0.15) is 0 Å². The van der Waals surface area contributed by atoms with Crippen molar-refractivity contribution in [3.63, 3.8) is 0 Å². The van der Waals surface area contributed by atoms with E-state index in [9.17, 15) is 17.8 Å². The Balaban J connectivity index is 2.24. The number of benzene rings is 2. The molecule has 0 aliphatic carbocycles. The number of carbonyl (C=O) groups is 1. The van der Waals surface area contributed by atoms with E-state index in [4.69, 9.17) is 0 Å². The largest absolute Gasteiger partial charge is 0.293 e. The monoisotopic (exact) mass is 294 g/mol. The van der Waals surface area contributed by atoms with Crippen molar-refractivity contribution in [1.29, 1.82) is 0 Å². The molecule has 0 amide bonds. The lowest BCUT2D eigenvalue weighted by molar-refractivity contribution is 0.0992. The minimum atomic E-state index is -1.54. The van der Waals surface area contributed by atoms with Crippen LogP contribution in [0.15, 0.2) is 53.4 Å². The summed E-state index contributed by atoms with van der Waals surface area (Å²) in [6.07, 6.45) is 0. The first-order valence-electron chi connectivity index (χ1n) is 5.95. The normalized spacial score (nSPS) is 13.8. The Morgan fingerprint density at radius 1 is 1.05 bits per heavy atom. The molecule has 0 aromatic heterocycles. The van der Waals surface area contributed by atoms with Gasteiger partial charge in [-0.2, -0.15) is 0 Å². The van der Waals surface area contributed by atoms with Crippen LogP contribution in [-0.2, 0) is 10.8 Å². The van der Waals surface area contributed by atoms with Gasteiger partial charge in [0.05, 0.1) is 16.0 Å². The second kappa shape index (κ2) is 6.05. The van der Waals surface area contributed by atoms with Gasteiger partial charge in [0.15, 0.2) is 17.4 Å². The van der Waals surface area contributed by atoms with E-state index in [1.807, 2.05) is 0 Å². The van der Waals surface area contributed by atoms with E-state index < -0.39 is 33.5 Å². The minimum absolute atomic E-state index is 0.0145. The van der Waals surface area contributed by atoms with Crippen LogP contribution in [0.3, 0.4) is 0 Å². The molecule has 5 heteroatoms. The molecule has 0 N–H and O–H groups in total. The van der Waals surface area contributed by atoms with Crippen molar-refractivity contribution >= 4 is 16.6 Å². The van der Waals surface area contributed by atoms with Gasteiger partial charge in [-0.1, -0.05) is 18.2 Å². The first kappa shape index (κ1) is 14.5. The molecule has 0 fully saturated rings. The van der Waals surface area contributed by atoms with E-state index in [1.165, 1.54) is 13.0 Å². The zero-order chi connectivity index (χ0) is 14.7. The minimum Gasteiger partial charge on any atom is -0.293 e. The van der Waals surface area contributed by atoms with E-state index in [0.717, 1.165) is 12.1 Å². The Hall–Kier alpha value is -1.88. The SMILES string of the molecule is CC(C(=O)c1ccc(F)c(F)c1)S(=O)c1ccccc1. The van der Waals surface area contributed by atoms with Gasteiger partial charge >= 0.3 is 0 Å². The molecule has 0 bridgehead atoms. The Morgan fingerprint density at radius 3 is 2.30 bits per heavy atom. The topological polar surface area (TPSA) is 34.1 Å². The van der Waals surface area contributed by atoms with Gasteiger partial charge in [-0.05, 0) is 37.3 Å². The Morgan fingerprint density at radius 2 is 1.70 bits per heavy atom. The van der Waals surface area contributed by atoms with Crippen LogP contribution < -0.4 is 0 Å². The summed E-state index contributed by atoms with van der Waals surface area (Å²) in [5.41, 5.74) is 0.0145. The van der Waals surface area contributed by atoms with Gasteiger partial charge in [0, 0.05) is 10.5 Å². The Kier molecular flexibility index (Phi) is 4.39. The average molecular weight is 294 g/mol. The van der Waals surface area contributed by atoms with Crippen molar-refractivity contribution in [2.45, 2.75) is 17.1 Å². The van der Waals surface area contributed by atoms with Gasteiger partial charge in [0.2, 0.25) is 0 Å². The van der Waals surface area contributed by atoms with Crippen molar-refractivity contribution < 1.29 is 17.8 Å². The van der Waals surface area contributed by atoms with Crippen LogP contribution in [0.1, 0.15) is 17.3 Å². The molecule has 0 saturated heterocycles. The van der Waals surface area contributed by atoms with Crippen molar-refractivity contribution in [3.8, 4) is 0 Å². The zero-order valence-electron chi connectivity index (χ0n) is 10.7. The Labute approximate surface area is 117 Å². The third-order valence-corrected chi connectivity index (χ3v) is 4.46. The maximum absolute atomic E-state index is 13.1. The van der Waals surface area contributed by atoms with Crippen LogP contribution in [0.25, 0.3) is 0 Å². The second-order valence-corrected chi connectivity index (χ2v) is 6.02. The highest BCUT2D eigenvalue weighted by molar-refractivity contribution is 7.86. The molecular weight excluding hydrogens is 282 g/mol. The molecule has 2 aromatic carbocycles. The maximum Gasteiger partial charge on any atom is 0.178 e. The molecule has 2 nitrogen and oxygen atoms in total. The van der Waals surface area contributed by atoms with Gasteiger partial charge < -0.3 is 0 Å². The third kappa shape index (κ3) is 2.99. The fourth-order valence-corrected chi connectivity index (χ4v) is 2.90. The first-order chi connectivity index (χ1) is 9.50. The summed E-state index contributed by atoms with van der Waals surface area (Å²) in [7, 11) is -1.54. The summed E-state index contributed by atoms with van der Waals surface area (Å²) in [4.78, 5) is 12.7. The van der Waals surface area contributed by atoms with E-state index >= 15 is 0 Å². The van der Waals surface area contributed by atoms with Crippen LogP contribution in [0, 0.1) is 11.6 Å². The molecule has 0 radical (unpaired) electrons. The van der Waals surface area contributed by atoms with E-state index in [0.29, 0.717) is 4.90 Å². The zero-order valence-corrected chi connectivity index (χ0v) is 11.5. The number of Topliss-reactive ketones (excluding diaryl/α,β-unsaturated/α-hetero) is 1. The molecule has 2 atom stereocenters. The molecule has 2 rings (SSSR count). The lowest BCUT2D eigenvalue weighted by Gasteiger charge is -2.10. The lowest BCUT2D eigenvalue weighted by atomic mass is 10.1. The number of halogens is 2. The van der Waals surface area contributed by atoms with Crippen molar-refractivity contribution in [2.24, 2.45) is 0 Å². The summed E-state index contributed by atoms with van der Waals surface area (Å²) >= 11 is 0. The fourth-order valence-electron chi connectivity index (χ4n) is 1.74. The molecule has 2 unspecified atom stereocenters. The molecular formula is C15H12F2O2S. The molecule has 2 aromatic rings. The number of hydrogen-bond donors (Lipinski definition) is 0. The second-order valence-electron chi connectivity index (χ2n) is 4.25. The van der Waals surface area contributed by atoms with Crippen LogP contribution in [0.2, 0.25) is 0 Å². The highest BCUT2D eigenvalue weighted by Gasteiger charge is 2.23. The molecule has 0 spiro atoms.